The first-order chi connectivity index (χ1) is 9.38. The molecule has 0 aliphatic carbocycles. The van der Waals surface area contributed by atoms with Gasteiger partial charge in [0.05, 0.1) is 10.6 Å². The smallest absolute Gasteiger partial charge is 0.396 e. The monoisotopic (exact) mass is 310 g/mol. The average molecular weight is 311 g/mol. The molecule has 1 aromatic heterocycles. The lowest BCUT2D eigenvalue weighted by Crippen LogP contribution is -2.17. The Morgan fingerprint density at radius 1 is 1.40 bits per heavy atom. The summed E-state index contributed by atoms with van der Waals surface area (Å²) in [7, 11) is 0. The minimum Gasteiger partial charge on any atom is -0.396 e. The summed E-state index contributed by atoms with van der Waals surface area (Å²) in [6, 6.07) is 0.859. The first-order valence-electron chi connectivity index (χ1n) is 6.46. The Kier molecular flexibility index (Phi) is 6.55. The first kappa shape index (κ1) is 17.0. The zero-order valence-electron chi connectivity index (χ0n) is 11.2. The van der Waals surface area contributed by atoms with E-state index in [4.69, 9.17) is 16.7 Å². The summed E-state index contributed by atoms with van der Waals surface area (Å²) in [5, 5.41) is 11.8. The fourth-order valence-corrected chi connectivity index (χ4v) is 2.14. The van der Waals surface area contributed by atoms with Gasteiger partial charge in [-0.2, -0.15) is 13.2 Å². The summed E-state index contributed by atoms with van der Waals surface area (Å²) in [5.41, 5.74) is -0.867. The van der Waals surface area contributed by atoms with Gasteiger partial charge in [-0.05, 0) is 24.8 Å². The van der Waals surface area contributed by atoms with Crippen LogP contribution in [0.25, 0.3) is 0 Å². The molecule has 1 atom stereocenters. The second kappa shape index (κ2) is 7.69. The molecule has 0 aliphatic heterocycles. The lowest BCUT2D eigenvalue weighted by molar-refractivity contribution is -0.137. The van der Waals surface area contributed by atoms with Gasteiger partial charge in [0.25, 0.3) is 0 Å². The van der Waals surface area contributed by atoms with Crippen molar-refractivity contribution in [3.63, 3.8) is 0 Å². The van der Waals surface area contributed by atoms with Crippen molar-refractivity contribution in [2.45, 2.75) is 32.4 Å². The molecule has 0 aliphatic rings. The Labute approximate surface area is 121 Å². The maximum absolute atomic E-state index is 12.5. The second-order valence-electron chi connectivity index (χ2n) is 4.60. The summed E-state index contributed by atoms with van der Waals surface area (Å²) < 4.78 is 37.4. The van der Waals surface area contributed by atoms with E-state index in [0.717, 1.165) is 25.1 Å². The highest BCUT2D eigenvalue weighted by atomic mass is 35.5. The molecule has 0 saturated heterocycles. The van der Waals surface area contributed by atoms with Crippen LogP contribution in [0.15, 0.2) is 12.3 Å². The number of anilines is 1. The molecule has 1 rings (SSSR count). The molecule has 2 N–H and O–H groups in total. The highest BCUT2D eigenvalue weighted by molar-refractivity contribution is 6.32. The zero-order valence-corrected chi connectivity index (χ0v) is 11.9. The number of aromatic nitrogens is 1. The molecular formula is C13H18ClF3N2O. The van der Waals surface area contributed by atoms with E-state index in [0.29, 0.717) is 13.0 Å². The first-order valence-corrected chi connectivity index (χ1v) is 6.83. The van der Waals surface area contributed by atoms with E-state index in [2.05, 4.69) is 10.3 Å². The van der Waals surface area contributed by atoms with Gasteiger partial charge in [-0.3, -0.25) is 0 Å². The SMILES string of the molecule is CCCC(CCO)CNc1ncc(C(F)(F)F)cc1Cl. The van der Waals surface area contributed by atoms with E-state index < -0.39 is 11.7 Å². The maximum Gasteiger partial charge on any atom is 0.417 e. The number of halogens is 4. The third-order valence-electron chi connectivity index (χ3n) is 2.96. The van der Waals surface area contributed by atoms with E-state index in [9.17, 15) is 13.2 Å². The van der Waals surface area contributed by atoms with Crippen molar-refractivity contribution in [3.05, 3.63) is 22.8 Å². The van der Waals surface area contributed by atoms with Crippen molar-refractivity contribution in [2.24, 2.45) is 5.92 Å². The van der Waals surface area contributed by atoms with Gasteiger partial charge in [0, 0.05) is 19.3 Å². The van der Waals surface area contributed by atoms with Gasteiger partial charge in [0.2, 0.25) is 0 Å². The van der Waals surface area contributed by atoms with Crippen molar-refractivity contribution >= 4 is 17.4 Å². The summed E-state index contributed by atoms with van der Waals surface area (Å²) in [6.45, 7) is 2.64. The van der Waals surface area contributed by atoms with Crippen LogP contribution in [0.1, 0.15) is 31.7 Å². The molecule has 1 heterocycles. The lowest BCUT2D eigenvalue weighted by Gasteiger charge is -2.17. The van der Waals surface area contributed by atoms with Crippen LogP contribution in [0.2, 0.25) is 5.02 Å². The number of aliphatic hydroxyl groups excluding tert-OH is 1. The molecule has 1 aromatic rings. The fraction of sp³-hybridized carbons (Fsp3) is 0.615. The highest BCUT2D eigenvalue weighted by Crippen LogP contribution is 2.32. The van der Waals surface area contributed by atoms with Gasteiger partial charge in [0.15, 0.2) is 0 Å². The van der Waals surface area contributed by atoms with Crippen molar-refractivity contribution in [1.29, 1.82) is 0 Å². The van der Waals surface area contributed by atoms with Gasteiger partial charge in [-0.1, -0.05) is 24.9 Å². The number of alkyl halides is 3. The minimum atomic E-state index is -4.45. The standard InChI is InChI=1S/C13H18ClF3N2O/c1-2-3-9(4-5-20)7-18-12-11(14)6-10(8-19-12)13(15,16)17/h6,8-9,20H,2-5,7H2,1H3,(H,18,19). The van der Waals surface area contributed by atoms with Crippen molar-refractivity contribution in [2.75, 3.05) is 18.5 Å². The summed E-state index contributed by atoms with van der Waals surface area (Å²) in [5.74, 6) is 0.476. The predicted molar refractivity (Wildman–Crippen MR) is 72.8 cm³/mol. The topological polar surface area (TPSA) is 45.1 Å². The molecule has 0 aromatic carbocycles. The molecule has 0 saturated carbocycles. The summed E-state index contributed by atoms with van der Waals surface area (Å²) >= 11 is 5.80. The van der Waals surface area contributed by atoms with E-state index in [1.54, 1.807) is 0 Å². The maximum atomic E-state index is 12.5. The number of hydrogen-bond donors (Lipinski definition) is 2. The Balaban J connectivity index is 2.68. The number of nitrogens with zero attached hydrogens (tertiary/aromatic N) is 1. The van der Waals surface area contributed by atoms with Crippen LogP contribution < -0.4 is 5.32 Å². The van der Waals surface area contributed by atoms with E-state index in [1.807, 2.05) is 6.92 Å². The molecule has 0 radical (unpaired) electrons. The molecule has 1 unspecified atom stereocenters. The molecule has 0 fully saturated rings. The number of rotatable bonds is 7. The van der Waals surface area contributed by atoms with Gasteiger partial charge >= 0.3 is 6.18 Å². The van der Waals surface area contributed by atoms with Crippen molar-refractivity contribution in [1.82, 2.24) is 4.98 Å². The molecule has 7 heteroatoms. The Morgan fingerprint density at radius 2 is 2.10 bits per heavy atom. The lowest BCUT2D eigenvalue weighted by atomic mass is 10.0. The molecular weight excluding hydrogens is 293 g/mol. The minimum absolute atomic E-state index is 0.0564. The highest BCUT2D eigenvalue weighted by Gasteiger charge is 2.31. The van der Waals surface area contributed by atoms with Gasteiger partial charge in [-0.25, -0.2) is 4.98 Å². The molecule has 0 bridgehead atoms. The van der Waals surface area contributed by atoms with Crippen LogP contribution in [-0.4, -0.2) is 23.2 Å². The Bertz CT molecular complexity index is 421. The number of pyridine rings is 1. The van der Waals surface area contributed by atoms with Crippen molar-refractivity contribution in [3.8, 4) is 0 Å². The Morgan fingerprint density at radius 3 is 2.60 bits per heavy atom. The second-order valence-corrected chi connectivity index (χ2v) is 5.01. The van der Waals surface area contributed by atoms with E-state index in [1.165, 1.54) is 0 Å². The van der Waals surface area contributed by atoms with Gasteiger partial charge in [0.1, 0.15) is 5.82 Å². The van der Waals surface area contributed by atoms with Gasteiger partial charge < -0.3 is 10.4 Å². The van der Waals surface area contributed by atoms with E-state index >= 15 is 0 Å². The number of aliphatic hydroxyl groups is 1. The van der Waals surface area contributed by atoms with Crippen LogP contribution >= 0.6 is 11.6 Å². The third-order valence-corrected chi connectivity index (χ3v) is 3.25. The van der Waals surface area contributed by atoms with Crippen LogP contribution in [0.3, 0.4) is 0 Å². The molecule has 20 heavy (non-hydrogen) atoms. The average Bonchev–Trinajstić information content (AvgIpc) is 2.36. The van der Waals surface area contributed by atoms with Gasteiger partial charge in [-0.15, -0.1) is 0 Å². The predicted octanol–water partition coefficient (Wildman–Crippen LogP) is 3.96. The third kappa shape index (κ3) is 5.17. The van der Waals surface area contributed by atoms with Crippen LogP contribution in [0.5, 0.6) is 0 Å². The Hall–Kier alpha value is -1.01. The fourth-order valence-electron chi connectivity index (χ4n) is 1.90. The van der Waals surface area contributed by atoms with Crippen LogP contribution in [-0.2, 0) is 6.18 Å². The molecule has 114 valence electrons. The molecule has 0 spiro atoms. The van der Waals surface area contributed by atoms with Crippen LogP contribution in [0, 0.1) is 5.92 Å². The quantitative estimate of drug-likeness (QED) is 0.801. The normalized spacial score (nSPS) is 13.3. The molecule has 0 amide bonds. The largest absolute Gasteiger partial charge is 0.417 e. The van der Waals surface area contributed by atoms with Crippen LogP contribution in [0.4, 0.5) is 19.0 Å². The summed E-state index contributed by atoms with van der Waals surface area (Å²) in [6.07, 6.45) is -1.16. The number of nitrogens with one attached hydrogen (secondary N) is 1. The number of hydrogen-bond acceptors (Lipinski definition) is 3. The summed E-state index contributed by atoms with van der Waals surface area (Å²) in [4.78, 5) is 3.71. The van der Waals surface area contributed by atoms with Crippen molar-refractivity contribution < 1.29 is 18.3 Å². The zero-order chi connectivity index (χ0) is 15.2. The van der Waals surface area contributed by atoms with E-state index in [-0.39, 0.29) is 23.4 Å². The molecule has 3 nitrogen and oxygen atoms in total.